The van der Waals surface area contributed by atoms with E-state index < -0.39 is 5.24 Å². The van der Waals surface area contributed by atoms with Crippen molar-refractivity contribution in [1.29, 1.82) is 0 Å². The second-order valence-corrected chi connectivity index (χ2v) is 5.13. The van der Waals surface area contributed by atoms with Gasteiger partial charge in [-0.05, 0) is 59.1 Å². The average Bonchev–Trinajstić information content (AvgIpc) is 2.57. The van der Waals surface area contributed by atoms with Crippen LogP contribution in [0.5, 0.6) is 11.5 Å². The van der Waals surface area contributed by atoms with Crippen LogP contribution in [0.25, 0.3) is 11.1 Å². The number of carbonyl (C=O) groups is 1. The highest BCUT2D eigenvalue weighted by atomic mass is 35.5. The summed E-state index contributed by atoms with van der Waals surface area (Å²) in [6, 6.07) is 24.8. The Morgan fingerprint density at radius 3 is 1.73 bits per heavy atom. The third-order valence-corrected chi connectivity index (χ3v) is 3.50. The molecule has 22 heavy (non-hydrogen) atoms. The van der Waals surface area contributed by atoms with Crippen LogP contribution in [0.4, 0.5) is 0 Å². The Hall–Kier alpha value is -2.58. The summed E-state index contributed by atoms with van der Waals surface area (Å²) in [6.45, 7) is 0. The molecule has 0 fully saturated rings. The zero-order valence-electron chi connectivity index (χ0n) is 11.7. The number of hydrogen-bond donors (Lipinski definition) is 0. The summed E-state index contributed by atoms with van der Waals surface area (Å²) in [4.78, 5) is 11.0. The summed E-state index contributed by atoms with van der Waals surface area (Å²) < 4.78 is 5.75. The van der Waals surface area contributed by atoms with E-state index in [2.05, 4.69) is 12.1 Å². The van der Waals surface area contributed by atoms with Crippen LogP contribution in [-0.2, 0) is 0 Å². The third kappa shape index (κ3) is 3.35. The van der Waals surface area contributed by atoms with Crippen molar-refractivity contribution < 1.29 is 9.53 Å². The molecule has 0 atom stereocenters. The first kappa shape index (κ1) is 14.4. The fraction of sp³-hybridized carbons (Fsp3) is 0. The Morgan fingerprint density at radius 2 is 1.18 bits per heavy atom. The molecule has 0 radical (unpaired) electrons. The highest BCUT2D eigenvalue weighted by Crippen LogP contribution is 2.26. The summed E-state index contributed by atoms with van der Waals surface area (Å²) in [5, 5.41) is -0.473. The van der Waals surface area contributed by atoms with Gasteiger partial charge in [-0.15, -0.1) is 0 Å². The van der Waals surface area contributed by atoms with Crippen molar-refractivity contribution in [2.75, 3.05) is 0 Å². The van der Waals surface area contributed by atoms with Gasteiger partial charge in [-0.1, -0.05) is 42.5 Å². The Morgan fingerprint density at radius 1 is 0.682 bits per heavy atom. The summed E-state index contributed by atoms with van der Waals surface area (Å²) in [6.07, 6.45) is 0. The third-order valence-electron chi connectivity index (χ3n) is 3.28. The molecule has 3 aromatic rings. The first-order chi connectivity index (χ1) is 10.7. The van der Waals surface area contributed by atoms with Crippen LogP contribution in [0.15, 0.2) is 78.9 Å². The molecule has 0 amide bonds. The molecule has 0 N–H and O–H groups in total. The maximum atomic E-state index is 11.0. The second-order valence-electron chi connectivity index (χ2n) is 4.79. The molecule has 0 saturated carbocycles. The first-order valence-electron chi connectivity index (χ1n) is 6.85. The normalized spacial score (nSPS) is 10.2. The van der Waals surface area contributed by atoms with Gasteiger partial charge in [0.25, 0.3) is 5.24 Å². The maximum Gasteiger partial charge on any atom is 0.252 e. The van der Waals surface area contributed by atoms with Crippen LogP contribution in [-0.4, -0.2) is 5.24 Å². The van der Waals surface area contributed by atoms with E-state index in [-0.39, 0.29) is 0 Å². The van der Waals surface area contributed by atoms with Gasteiger partial charge in [0.2, 0.25) is 0 Å². The molecule has 0 spiro atoms. The molecule has 3 aromatic carbocycles. The van der Waals surface area contributed by atoms with Crippen LogP contribution in [0, 0.1) is 0 Å². The minimum atomic E-state index is -0.473. The first-order valence-corrected chi connectivity index (χ1v) is 7.23. The Bertz CT molecular complexity index is 763. The van der Waals surface area contributed by atoms with Crippen molar-refractivity contribution in [2.24, 2.45) is 0 Å². The fourth-order valence-electron chi connectivity index (χ4n) is 2.14. The molecule has 3 rings (SSSR count). The van der Waals surface area contributed by atoms with Gasteiger partial charge in [0.15, 0.2) is 0 Å². The van der Waals surface area contributed by atoms with Crippen LogP contribution >= 0.6 is 11.6 Å². The lowest BCUT2D eigenvalue weighted by atomic mass is 10.1. The van der Waals surface area contributed by atoms with Gasteiger partial charge in [0.05, 0.1) is 0 Å². The number of carbonyl (C=O) groups excluding carboxylic acids is 1. The van der Waals surface area contributed by atoms with E-state index >= 15 is 0 Å². The van der Waals surface area contributed by atoms with E-state index in [1.165, 1.54) is 5.56 Å². The van der Waals surface area contributed by atoms with Gasteiger partial charge in [-0.2, -0.15) is 0 Å². The fourth-order valence-corrected chi connectivity index (χ4v) is 2.26. The van der Waals surface area contributed by atoms with E-state index in [0.717, 1.165) is 11.3 Å². The van der Waals surface area contributed by atoms with Crippen molar-refractivity contribution in [3.05, 3.63) is 84.4 Å². The lowest BCUT2D eigenvalue weighted by Crippen LogP contribution is -1.89. The number of hydrogen-bond acceptors (Lipinski definition) is 2. The molecule has 108 valence electrons. The maximum absolute atomic E-state index is 11.0. The van der Waals surface area contributed by atoms with Crippen LogP contribution in [0.3, 0.4) is 0 Å². The lowest BCUT2D eigenvalue weighted by Gasteiger charge is -2.07. The molecular weight excluding hydrogens is 296 g/mol. The average molecular weight is 309 g/mol. The molecular formula is C19H13ClO2. The zero-order valence-corrected chi connectivity index (χ0v) is 12.5. The van der Waals surface area contributed by atoms with Gasteiger partial charge in [-0.25, -0.2) is 0 Å². The Balaban J connectivity index is 1.75. The predicted octanol–water partition coefficient (Wildman–Crippen LogP) is 5.52. The summed E-state index contributed by atoms with van der Waals surface area (Å²) in [5.74, 6) is 1.40. The zero-order chi connectivity index (χ0) is 15.4. The number of benzene rings is 3. The number of rotatable bonds is 4. The van der Waals surface area contributed by atoms with E-state index in [0.29, 0.717) is 11.3 Å². The van der Waals surface area contributed by atoms with E-state index in [1.54, 1.807) is 24.3 Å². The molecule has 0 unspecified atom stereocenters. The van der Waals surface area contributed by atoms with Crippen LogP contribution in [0.2, 0.25) is 0 Å². The molecule has 0 heterocycles. The summed E-state index contributed by atoms with van der Waals surface area (Å²) in [5.41, 5.74) is 2.75. The second kappa shape index (κ2) is 6.46. The highest BCUT2D eigenvalue weighted by molar-refractivity contribution is 6.67. The van der Waals surface area contributed by atoms with Crippen molar-refractivity contribution in [1.82, 2.24) is 0 Å². The van der Waals surface area contributed by atoms with E-state index in [1.807, 2.05) is 42.5 Å². The van der Waals surface area contributed by atoms with Gasteiger partial charge < -0.3 is 4.74 Å². The van der Waals surface area contributed by atoms with Crippen molar-refractivity contribution in [3.8, 4) is 22.6 Å². The quantitative estimate of drug-likeness (QED) is 0.593. The van der Waals surface area contributed by atoms with Crippen LogP contribution < -0.4 is 4.74 Å². The monoisotopic (exact) mass is 308 g/mol. The van der Waals surface area contributed by atoms with Crippen molar-refractivity contribution >= 4 is 16.8 Å². The van der Waals surface area contributed by atoms with E-state index in [9.17, 15) is 4.79 Å². The summed E-state index contributed by atoms with van der Waals surface area (Å²) >= 11 is 5.41. The van der Waals surface area contributed by atoms with E-state index in [4.69, 9.17) is 16.3 Å². The van der Waals surface area contributed by atoms with Gasteiger partial charge in [0, 0.05) is 5.56 Å². The molecule has 0 aliphatic rings. The largest absolute Gasteiger partial charge is 0.457 e. The minimum absolute atomic E-state index is 0.452. The van der Waals surface area contributed by atoms with Gasteiger partial charge in [0.1, 0.15) is 11.5 Å². The Labute approximate surface area is 133 Å². The lowest BCUT2D eigenvalue weighted by molar-refractivity contribution is 0.108. The number of halogens is 1. The van der Waals surface area contributed by atoms with Crippen molar-refractivity contribution in [3.63, 3.8) is 0 Å². The molecule has 3 heteroatoms. The Kier molecular flexibility index (Phi) is 4.22. The minimum Gasteiger partial charge on any atom is -0.457 e. The van der Waals surface area contributed by atoms with Crippen molar-refractivity contribution in [2.45, 2.75) is 0 Å². The molecule has 0 aromatic heterocycles. The van der Waals surface area contributed by atoms with Gasteiger partial charge >= 0.3 is 0 Å². The molecule has 0 saturated heterocycles. The SMILES string of the molecule is O=C(Cl)c1ccc(Oc2ccc(-c3ccccc3)cc2)cc1. The van der Waals surface area contributed by atoms with Gasteiger partial charge in [-0.3, -0.25) is 4.79 Å². The standard InChI is InChI=1S/C19H13ClO2/c20-19(21)16-8-12-18(13-9-16)22-17-10-6-15(7-11-17)14-4-2-1-3-5-14/h1-13H. The molecule has 0 aliphatic carbocycles. The summed E-state index contributed by atoms with van der Waals surface area (Å²) in [7, 11) is 0. The van der Waals surface area contributed by atoms with Crippen LogP contribution in [0.1, 0.15) is 10.4 Å². The number of ether oxygens (including phenoxy) is 1. The smallest absolute Gasteiger partial charge is 0.252 e. The molecule has 0 bridgehead atoms. The predicted molar refractivity (Wildman–Crippen MR) is 88.6 cm³/mol. The topological polar surface area (TPSA) is 26.3 Å². The highest BCUT2D eigenvalue weighted by Gasteiger charge is 2.03. The molecule has 0 aliphatic heterocycles. The molecule has 2 nitrogen and oxygen atoms in total.